The highest BCUT2D eigenvalue weighted by Crippen LogP contribution is 2.30. The molecule has 1 fully saturated rings. The van der Waals surface area contributed by atoms with E-state index in [-0.39, 0.29) is 11.7 Å². The van der Waals surface area contributed by atoms with E-state index in [4.69, 9.17) is 0 Å². The highest BCUT2D eigenvalue weighted by molar-refractivity contribution is 8.01. The number of benzene rings is 1. The third-order valence-corrected chi connectivity index (χ3v) is 6.90. The lowest BCUT2D eigenvalue weighted by molar-refractivity contribution is -0.147. The summed E-state index contributed by atoms with van der Waals surface area (Å²) in [5.74, 6) is 0.525. The molecule has 2 N–H and O–H groups in total. The number of fused-ring (bicyclic) bond motifs is 1. The molecule has 1 saturated heterocycles. The molecule has 23 heavy (non-hydrogen) atoms. The molecule has 0 bridgehead atoms. The Kier molecular flexibility index (Phi) is 5.13. The van der Waals surface area contributed by atoms with Gasteiger partial charge in [-0.05, 0) is 36.5 Å². The lowest BCUT2D eigenvalue weighted by Crippen LogP contribution is -2.57. The number of amides is 1. The van der Waals surface area contributed by atoms with Crippen LogP contribution in [0.15, 0.2) is 28.6 Å². The monoisotopic (exact) mass is 368 g/mol. The predicted octanol–water partition coefficient (Wildman–Crippen LogP) is 2.86. The zero-order valence-corrected chi connectivity index (χ0v) is 14.7. The number of carbonyl (C=O) groups is 2. The van der Waals surface area contributed by atoms with Crippen LogP contribution in [0.2, 0.25) is 0 Å². The smallest absolute Gasteiger partial charge is 0.329 e. The molecule has 1 aliphatic rings. The summed E-state index contributed by atoms with van der Waals surface area (Å²) in [5, 5.41) is 12.2. The summed E-state index contributed by atoms with van der Waals surface area (Å²) < 4.78 is 1.91. The Morgan fingerprint density at radius 3 is 2.74 bits per heavy atom. The first kappa shape index (κ1) is 16.6. The van der Waals surface area contributed by atoms with E-state index in [1.165, 1.54) is 11.8 Å². The minimum atomic E-state index is -1.10. The second kappa shape index (κ2) is 7.11. The Hall–Kier alpha value is -1.25. The van der Waals surface area contributed by atoms with Gasteiger partial charge in [-0.3, -0.25) is 4.79 Å². The number of rotatable bonds is 5. The second-order valence-corrected chi connectivity index (χ2v) is 8.76. The molecule has 2 aromatic rings. The fraction of sp³-hybridized carbons (Fsp3) is 0.400. The van der Waals surface area contributed by atoms with Gasteiger partial charge in [-0.25, -0.2) is 9.78 Å². The van der Waals surface area contributed by atoms with Crippen LogP contribution < -0.4 is 5.32 Å². The molecule has 8 heteroatoms. The van der Waals surface area contributed by atoms with E-state index >= 15 is 0 Å². The largest absolute Gasteiger partial charge is 0.480 e. The van der Waals surface area contributed by atoms with E-state index < -0.39 is 11.5 Å². The summed E-state index contributed by atoms with van der Waals surface area (Å²) in [7, 11) is 0. The first-order valence-corrected chi connectivity index (χ1v) is 10.2. The van der Waals surface area contributed by atoms with E-state index in [1.807, 2.05) is 24.3 Å². The molecule has 0 saturated carbocycles. The molecule has 1 amide bonds. The van der Waals surface area contributed by atoms with E-state index in [2.05, 4.69) is 10.3 Å². The van der Waals surface area contributed by atoms with Gasteiger partial charge in [0.2, 0.25) is 5.91 Å². The molecule has 0 aliphatic carbocycles. The van der Waals surface area contributed by atoms with Crippen molar-refractivity contribution in [2.24, 2.45) is 0 Å². The highest BCUT2D eigenvalue weighted by atomic mass is 32.2. The standard InChI is InChI=1S/C15H16N2O3S3/c18-12(17-15(13(19)20)5-7-21-8-6-15)9-22-14-16-10-3-1-2-4-11(10)23-14/h1-4H,5-9H2,(H,17,18)(H,19,20). The van der Waals surface area contributed by atoms with Crippen LogP contribution in [-0.2, 0) is 9.59 Å². The number of carboxylic acid groups (broad SMARTS) is 1. The van der Waals surface area contributed by atoms with Gasteiger partial charge in [-0.2, -0.15) is 11.8 Å². The first-order chi connectivity index (χ1) is 11.1. The predicted molar refractivity (Wildman–Crippen MR) is 95.4 cm³/mol. The van der Waals surface area contributed by atoms with Crippen molar-refractivity contribution < 1.29 is 14.7 Å². The lowest BCUT2D eigenvalue weighted by Gasteiger charge is -2.33. The maximum atomic E-state index is 12.2. The Balaban J connectivity index is 1.61. The van der Waals surface area contributed by atoms with Gasteiger partial charge in [0.05, 0.1) is 16.0 Å². The average Bonchev–Trinajstić information content (AvgIpc) is 2.96. The molecule has 1 aromatic heterocycles. The molecular formula is C15H16N2O3S3. The number of hydrogen-bond acceptors (Lipinski definition) is 6. The van der Waals surface area contributed by atoms with Crippen LogP contribution in [0, 0.1) is 0 Å². The third-order valence-electron chi connectivity index (χ3n) is 3.74. The lowest BCUT2D eigenvalue weighted by atomic mass is 9.92. The number of nitrogens with one attached hydrogen (secondary N) is 1. The summed E-state index contributed by atoms with van der Waals surface area (Å²) in [5.41, 5.74) is -0.178. The summed E-state index contributed by atoms with van der Waals surface area (Å²) in [6, 6.07) is 7.83. The second-order valence-electron chi connectivity index (χ2n) is 5.28. The molecule has 5 nitrogen and oxygen atoms in total. The Bertz CT molecular complexity index is 693. The van der Waals surface area contributed by atoms with Crippen molar-refractivity contribution in [3.8, 4) is 0 Å². The van der Waals surface area contributed by atoms with E-state index in [0.717, 1.165) is 26.1 Å². The van der Waals surface area contributed by atoms with Crippen molar-refractivity contribution in [2.45, 2.75) is 22.7 Å². The van der Waals surface area contributed by atoms with Crippen LogP contribution in [0.5, 0.6) is 0 Å². The molecule has 0 radical (unpaired) electrons. The van der Waals surface area contributed by atoms with Crippen LogP contribution in [0.3, 0.4) is 0 Å². The fourth-order valence-corrected chi connectivity index (χ4v) is 5.51. The van der Waals surface area contributed by atoms with Crippen molar-refractivity contribution in [2.75, 3.05) is 17.3 Å². The fourth-order valence-electron chi connectivity index (χ4n) is 2.46. The summed E-state index contributed by atoms with van der Waals surface area (Å²) in [6.45, 7) is 0. The number of aromatic nitrogens is 1. The molecular weight excluding hydrogens is 352 g/mol. The number of thiazole rings is 1. The van der Waals surface area contributed by atoms with Gasteiger partial charge in [0.1, 0.15) is 5.54 Å². The number of para-hydroxylation sites is 1. The van der Waals surface area contributed by atoms with Crippen LogP contribution >= 0.6 is 34.9 Å². The molecule has 2 heterocycles. The summed E-state index contributed by atoms with van der Waals surface area (Å²) in [6.07, 6.45) is 0.953. The van der Waals surface area contributed by atoms with Gasteiger partial charge < -0.3 is 10.4 Å². The molecule has 0 spiro atoms. The van der Waals surface area contributed by atoms with E-state index in [9.17, 15) is 14.7 Å². The third kappa shape index (κ3) is 3.81. The summed E-state index contributed by atoms with van der Waals surface area (Å²) >= 11 is 4.62. The number of carbonyl (C=O) groups excluding carboxylic acids is 1. The average molecular weight is 369 g/mol. The number of hydrogen-bond donors (Lipinski definition) is 2. The maximum Gasteiger partial charge on any atom is 0.329 e. The van der Waals surface area contributed by atoms with Crippen LogP contribution in [-0.4, -0.2) is 44.8 Å². The highest BCUT2D eigenvalue weighted by Gasteiger charge is 2.41. The maximum absolute atomic E-state index is 12.2. The van der Waals surface area contributed by atoms with Gasteiger partial charge in [-0.1, -0.05) is 23.9 Å². The number of thioether (sulfide) groups is 2. The van der Waals surface area contributed by atoms with Crippen molar-refractivity contribution in [3.05, 3.63) is 24.3 Å². The van der Waals surface area contributed by atoms with Gasteiger partial charge in [0.15, 0.2) is 4.34 Å². The molecule has 3 rings (SSSR count). The molecule has 1 aliphatic heterocycles. The Morgan fingerprint density at radius 2 is 2.04 bits per heavy atom. The van der Waals surface area contributed by atoms with E-state index in [0.29, 0.717) is 12.8 Å². The molecule has 122 valence electrons. The topological polar surface area (TPSA) is 79.3 Å². The molecule has 0 atom stereocenters. The normalized spacial score (nSPS) is 17.0. The van der Waals surface area contributed by atoms with Crippen molar-refractivity contribution in [1.82, 2.24) is 10.3 Å². The molecule has 1 aromatic carbocycles. The quantitative estimate of drug-likeness (QED) is 0.790. The zero-order valence-electron chi connectivity index (χ0n) is 12.3. The van der Waals surface area contributed by atoms with Gasteiger partial charge in [-0.15, -0.1) is 11.3 Å². The van der Waals surface area contributed by atoms with Crippen molar-refractivity contribution >= 4 is 57.0 Å². The minimum Gasteiger partial charge on any atom is -0.480 e. The minimum absolute atomic E-state index is 0.183. The number of carboxylic acids is 1. The molecule has 0 unspecified atom stereocenters. The van der Waals surface area contributed by atoms with Crippen molar-refractivity contribution in [1.29, 1.82) is 0 Å². The Morgan fingerprint density at radius 1 is 1.30 bits per heavy atom. The summed E-state index contributed by atoms with van der Waals surface area (Å²) in [4.78, 5) is 28.2. The van der Waals surface area contributed by atoms with Gasteiger partial charge in [0, 0.05) is 0 Å². The first-order valence-electron chi connectivity index (χ1n) is 7.20. The Labute approximate surface area is 146 Å². The number of nitrogens with zero attached hydrogens (tertiary/aromatic N) is 1. The van der Waals surface area contributed by atoms with Gasteiger partial charge >= 0.3 is 5.97 Å². The zero-order chi connectivity index (χ0) is 16.3. The van der Waals surface area contributed by atoms with E-state index in [1.54, 1.807) is 23.1 Å². The number of aliphatic carboxylic acids is 1. The van der Waals surface area contributed by atoms with Crippen LogP contribution in [0.1, 0.15) is 12.8 Å². The SMILES string of the molecule is O=C(CSc1nc2ccccc2s1)NC1(C(=O)O)CCSCC1. The van der Waals surface area contributed by atoms with Crippen LogP contribution in [0.4, 0.5) is 0 Å². The van der Waals surface area contributed by atoms with Crippen molar-refractivity contribution in [3.63, 3.8) is 0 Å². The van der Waals surface area contributed by atoms with Crippen LogP contribution in [0.25, 0.3) is 10.2 Å². The van der Waals surface area contributed by atoms with Gasteiger partial charge in [0.25, 0.3) is 0 Å².